The minimum atomic E-state index is -0.240. The highest BCUT2D eigenvalue weighted by molar-refractivity contribution is 5.85. The molecule has 1 fully saturated rings. The average molecular weight is 438 g/mol. The van der Waals surface area contributed by atoms with Crippen molar-refractivity contribution in [2.75, 3.05) is 7.05 Å². The van der Waals surface area contributed by atoms with Crippen LogP contribution >= 0.6 is 0 Å². The molecule has 1 amide bonds. The van der Waals surface area contributed by atoms with Gasteiger partial charge in [0.05, 0.1) is 11.7 Å². The van der Waals surface area contributed by atoms with Gasteiger partial charge in [-0.05, 0) is 44.4 Å². The smallest absolute Gasteiger partial charge is 0.241 e. The fraction of sp³-hybridized carbons (Fsp3) is 0.480. The van der Waals surface area contributed by atoms with Gasteiger partial charge in [-0.2, -0.15) is 0 Å². The van der Waals surface area contributed by atoms with E-state index >= 15 is 0 Å². The van der Waals surface area contributed by atoms with Crippen LogP contribution in [-0.2, 0) is 11.2 Å². The van der Waals surface area contributed by atoms with E-state index in [1.165, 1.54) is 11.1 Å². The maximum Gasteiger partial charge on any atom is 0.241 e. The summed E-state index contributed by atoms with van der Waals surface area (Å²) >= 11 is 0. The van der Waals surface area contributed by atoms with E-state index in [-0.39, 0.29) is 37.2 Å². The van der Waals surface area contributed by atoms with Gasteiger partial charge in [0.25, 0.3) is 0 Å². The van der Waals surface area contributed by atoms with Crippen molar-refractivity contribution in [2.24, 2.45) is 11.5 Å². The van der Waals surface area contributed by atoms with Gasteiger partial charge in [0.1, 0.15) is 0 Å². The molecule has 5 N–H and O–H groups in total. The number of amides is 1. The number of carbonyl (C=O) groups excluding carboxylic acids is 1. The lowest BCUT2D eigenvalue weighted by atomic mass is 10.1. The van der Waals surface area contributed by atoms with Crippen LogP contribution in [0.3, 0.4) is 0 Å². The standard InChI is InChI=1S/C13H18N2O.C8H11N.C3H9N.CH4.FH.H2/c1-13(2)14-11(12(16)15(13)3)9-10-7-5-4-6-8-10;1-7(9)8-5-3-2-4-6-8;1-3(2)4;;;/h4-8,11,14H,9H2,1-3H3;2-7H,9H2,1H3;3H,4H2,1-2H3;1H4;2*1H/t11-;7-;;;;/m01..../s1/i;;;;;1+1. The number of likely N-dealkylation sites (N-methyl/N-ethyl adjacent to an activating group) is 1. The molecule has 31 heavy (non-hydrogen) atoms. The summed E-state index contributed by atoms with van der Waals surface area (Å²) in [6.07, 6.45) is 0.757. The molecular weight excluding hydrogens is 391 g/mol. The molecule has 5 nitrogen and oxygen atoms in total. The van der Waals surface area contributed by atoms with Crippen molar-refractivity contribution in [1.82, 2.24) is 10.2 Å². The molecular formula is C25H45FN4O. The minimum absolute atomic E-state index is 0. The number of nitrogens with two attached hydrogens (primary N) is 2. The Kier molecular flexibility index (Phi) is 14.6. The Labute approximate surface area is 190 Å². The van der Waals surface area contributed by atoms with Crippen molar-refractivity contribution in [3.05, 3.63) is 71.8 Å². The van der Waals surface area contributed by atoms with E-state index in [0.29, 0.717) is 6.04 Å². The number of benzene rings is 2. The first-order valence-corrected chi connectivity index (χ1v) is 10.2. The van der Waals surface area contributed by atoms with Crippen molar-refractivity contribution in [2.45, 2.75) is 72.3 Å². The lowest BCUT2D eigenvalue weighted by Gasteiger charge is -2.27. The second-order valence-electron chi connectivity index (χ2n) is 8.29. The summed E-state index contributed by atoms with van der Waals surface area (Å²) < 4.78 is 0. The van der Waals surface area contributed by atoms with Crippen LogP contribution < -0.4 is 16.8 Å². The van der Waals surface area contributed by atoms with Gasteiger partial charge in [0, 0.05) is 14.5 Å². The topological polar surface area (TPSA) is 84.4 Å². The van der Waals surface area contributed by atoms with Gasteiger partial charge in [-0.3, -0.25) is 14.8 Å². The van der Waals surface area contributed by atoms with Gasteiger partial charge in [-0.25, -0.2) is 0 Å². The molecule has 2 aromatic carbocycles. The number of halogens is 1. The van der Waals surface area contributed by atoms with Crippen molar-refractivity contribution in [3.63, 3.8) is 0 Å². The first kappa shape index (κ1) is 30.9. The van der Waals surface area contributed by atoms with Crippen molar-refractivity contribution in [3.8, 4) is 0 Å². The summed E-state index contributed by atoms with van der Waals surface area (Å²) in [6.45, 7) is 9.92. The van der Waals surface area contributed by atoms with Crippen LogP contribution in [0.5, 0.6) is 0 Å². The summed E-state index contributed by atoms with van der Waals surface area (Å²) in [5.41, 5.74) is 12.9. The number of nitrogens with one attached hydrogen (secondary N) is 1. The highest BCUT2D eigenvalue weighted by Gasteiger charge is 2.41. The molecule has 0 aromatic heterocycles. The number of rotatable bonds is 3. The zero-order valence-electron chi connectivity index (χ0n) is 19.1. The van der Waals surface area contributed by atoms with Crippen molar-refractivity contribution in [1.29, 1.82) is 0 Å². The van der Waals surface area contributed by atoms with Gasteiger partial charge in [0.15, 0.2) is 0 Å². The molecule has 2 atom stereocenters. The Hall–Kier alpha value is -2.28. The minimum Gasteiger partial charge on any atom is -0.328 e. The van der Waals surface area contributed by atoms with Crippen LogP contribution in [0.4, 0.5) is 4.70 Å². The number of nitrogens with zero attached hydrogens (tertiary/aromatic N) is 1. The summed E-state index contributed by atoms with van der Waals surface area (Å²) in [6, 6.07) is 20.6. The summed E-state index contributed by atoms with van der Waals surface area (Å²) in [5, 5.41) is 3.35. The Morgan fingerprint density at radius 3 is 1.74 bits per heavy atom. The molecule has 1 heterocycles. The van der Waals surface area contributed by atoms with Crippen LogP contribution in [0.1, 0.15) is 60.6 Å². The maximum atomic E-state index is 12.0. The van der Waals surface area contributed by atoms with E-state index in [2.05, 4.69) is 17.4 Å². The molecule has 0 radical (unpaired) electrons. The predicted octanol–water partition coefficient (Wildman–Crippen LogP) is 4.49. The van der Waals surface area contributed by atoms with Crippen LogP contribution in [0.2, 0.25) is 0 Å². The Balaban J connectivity index is -0.000000453. The highest BCUT2D eigenvalue weighted by atomic mass is 19.0. The molecule has 6 heteroatoms. The molecule has 2 aromatic rings. The van der Waals surface area contributed by atoms with Gasteiger partial charge in [0.2, 0.25) is 5.91 Å². The highest BCUT2D eigenvalue weighted by Crippen LogP contribution is 2.20. The van der Waals surface area contributed by atoms with E-state index in [1.807, 2.05) is 90.2 Å². The van der Waals surface area contributed by atoms with Crippen LogP contribution in [0, 0.1) is 0 Å². The summed E-state index contributed by atoms with van der Waals surface area (Å²) in [5.74, 6) is 0.175. The zero-order valence-corrected chi connectivity index (χ0v) is 19.1. The predicted molar refractivity (Wildman–Crippen MR) is 134 cm³/mol. The first-order chi connectivity index (χ1) is 13.5. The number of hydrogen-bond donors (Lipinski definition) is 3. The van der Waals surface area contributed by atoms with Gasteiger partial charge in [-0.1, -0.05) is 81.9 Å². The third-order valence-corrected chi connectivity index (χ3v) is 4.60. The molecule has 1 aliphatic rings. The fourth-order valence-electron chi connectivity index (χ4n) is 2.84. The molecule has 0 bridgehead atoms. The lowest BCUT2D eigenvalue weighted by molar-refractivity contribution is -0.129. The largest absolute Gasteiger partial charge is 0.328 e. The Morgan fingerprint density at radius 2 is 1.42 bits per heavy atom. The quantitative estimate of drug-likeness (QED) is 0.660. The Morgan fingerprint density at radius 1 is 1.00 bits per heavy atom. The van der Waals surface area contributed by atoms with Crippen molar-refractivity contribution >= 4 is 5.91 Å². The molecule has 0 aliphatic carbocycles. The second-order valence-corrected chi connectivity index (χ2v) is 8.29. The van der Waals surface area contributed by atoms with E-state index in [1.54, 1.807) is 4.90 Å². The van der Waals surface area contributed by atoms with E-state index in [0.717, 1.165) is 6.42 Å². The molecule has 178 valence electrons. The monoisotopic (exact) mass is 437 g/mol. The van der Waals surface area contributed by atoms with Crippen LogP contribution in [-0.4, -0.2) is 35.6 Å². The lowest BCUT2D eigenvalue weighted by Crippen LogP contribution is -2.45. The fourth-order valence-corrected chi connectivity index (χ4v) is 2.84. The number of carbonyl (C=O) groups is 1. The first-order valence-electron chi connectivity index (χ1n) is 10.2. The van der Waals surface area contributed by atoms with Crippen LogP contribution in [0.25, 0.3) is 0 Å². The van der Waals surface area contributed by atoms with E-state index < -0.39 is 0 Å². The molecule has 0 spiro atoms. The molecule has 0 saturated carbocycles. The van der Waals surface area contributed by atoms with Gasteiger partial charge in [-0.15, -0.1) is 0 Å². The molecule has 1 saturated heterocycles. The SMILES string of the molecule is C.CC(C)N.CN1C(=O)[C@H](Cc2ccccc2)NC1(C)C.C[C@@H](N)c1ccccc1.F.[2HH]. The summed E-state index contributed by atoms with van der Waals surface area (Å²) in [7, 11) is 1.85. The maximum absolute atomic E-state index is 12.0. The zero-order chi connectivity index (χ0) is 22.0. The average Bonchev–Trinajstić information content (AvgIpc) is 2.86. The number of hydrogen-bond acceptors (Lipinski definition) is 4. The summed E-state index contributed by atoms with van der Waals surface area (Å²) in [4.78, 5) is 13.8. The third kappa shape index (κ3) is 11.1. The van der Waals surface area contributed by atoms with E-state index in [4.69, 9.17) is 11.5 Å². The normalized spacial score (nSPS) is 17.3. The Bertz CT molecular complexity index is 724. The molecule has 1 aliphatic heterocycles. The van der Waals surface area contributed by atoms with Crippen molar-refractivity contribution < 1.29 is 10.9 Å². The second kappa shape index (κ2) is 14.7. The van der Waals surface area contributed by atoms with Crippen LogP contribution in [0.15, 0.2) is 60.7 Å². The third-order valence-electron chi connectivity index (χ3n) is 4.60. The molecule has 3 rings (SSSR count). The van der Waals surface area contributed by atoms with Gasteiger partial charge >= 0.3 is 0 Å². The van der Waals surface area contributed by atoms with E-state index in [9.17, 15) is 4.79 Å². The molecule has 0 unspecified atom stereocenters. The van der Waals surface area contributed by atoms with Gasteiger partial charge < -0.3 is 16.4 Å².